The summed E-state index contributed by atoms with van der Waals surface area (Å²) >= 11 is 0. The Hall–Kier alpha value is 0.909. The van der Waals surface area contributed by atoms with Crippen molar-refractivity contribution < 1.29 is 48.8 Å². The Morgan fingerprint density at radius 2 is 1.23 bits per heavy atom. The van der Waals surface area contributed by atoms with E-state index in [1.807, 2.05) is 0 Å². The summed E-state index contributed by atoms with van der Waals surface area (Å²) in [7, 11) is -7.21. The monoisotopic (exact) mass is 318 g/mol. The summed E-state index contributed by atoms with van der Waals surface area (Å²) in [6.45, 7) is 0. The van der Waals surface area contributed by atoms with Gasteiger partial charge in [0, 0.05) is 20.1 Å². The van der Waals surface area contributed by atoms with Crippen LogP contribution in [0, 0.1) is 0 Å². The molecule has 0 unspecified atom stereocenters. The number of hydrogen-bond donors (Lipinski definition) is 4. The molecule has 0 atom stereocenters. The van der Waals surface area contributed by atoms with Crippen molar-refractivity contribution in [3.8, 4) is 0 Å². The maximum Gasteiger partial charge on any atom is 0.354 e. The van der Waals surface area contributed by atoms with E-state index in [1.165, 1.54) is 14.1 Å². The molecular weight excluding hydrogens is 307 g/mol. The van der Waals surface area contributed by atoms with Crippen LogP contribution in [0.2, 0.25) is 0 Å². The normalized spacial score (nSPS) is 13.2. The Bertz CT molecular complexity index is 222. The van der Waals surface area contributed by atoms with Gasteiger partial charge in [-0.1, -0.05) is 0 Å². The van der Waals surface area contributed by atoms with E-state index in [0.717, 1.165) is 4.90 Å². The Kier molecular flexibility index (Phi) is 6.44. The summed E-state index contributed by atoms with van der Waals surface area (Å²) in [4.78, 5) is 35.0. The third kappa shape index (κ3) is 5.37. The minimum atomic E-state index is -4.79. The predicted molar refractivity (Wildman–Crippen MR) is 41.6 cm³/mol. The first-order valence-electron chi connectivity index (χ1n) is 2.83. The van der Waals surface area contributed by atoms with Crippen LogP contribution in [0.3, 0.4) is 0 Å². The second kappa shape index (κ2) is 5.12. The van der Waals surface area contributed by atoms with Gasteiger partial charge in [0.25, 0.3) is 0 Å². The van der Waals surface area contributed by atoms with E-state index in [1.54, 1.807) is 0 Å². The zero-order valence-electron chi connectivity index (χ0n) is 6.90. The van der Waals surface area contributed by atoms with E-state index < -0.39 is 20.7 Å². The fraction of sp³-hybridized carbons (Fsp3) is 1.00. The third-order valence-electron chi connectivity index (χ3n) is 1.06. The molecule has 0 aliphatic rings. The molecule has 0 saturated heterocycles. The molecule has 0 aliphatic carbocycles. The SMILES string of the molecule is CN(C)C(P(=O)(O)O)P(=O)(O)O.[99Tc]. The van der Waals surface area contributed by atoms with Crippen LogP contribution in [0.15, 0.2) is 0 Å². The van der Waals surface area contributed by atoms with Crippen molar-refractivity contribution in [1.29, 1.82) is 0 Å². The molecule has 0 bridgehead atoms. The van der Waals surface area contributed by atoms with Gasteiger partial charge in [0.2, 0.25) is 5.52 Å². The number of nitrogens with zero attached hydrogens (tertiary/aromatic N) is 1. The van der Waals surface area contributed by atoms with Crippen molar-refractivity contribution in [3.63, 3.8) is 0 Å². The summed E-state index contributed by atoms with van der Waals surface area (Å²) in [5.41, 5.74) is -2.05. The van der Waals surface area contributed by atoms with Gasteiger partial charge in [-0.3, -0.25) is 14.0 Å². The van der Waals surface area contributed by atoms with Gasteiger partial charge in [-0.25, -0.2) is 0 Å². The predicted octanol–water partition coefficient (Wildman–Crippen LogP) is -0.816. The molecule has 13 heavy (non-hydrogen) atoms. The molecular formula is C3H11NO6P2Tc. The Balaban J connectivity index is 0. The summed E-state index contributed by atoms with van der Waals surface area (Å²) in [6, 6.07) is 0. The van der Waals surface area contributed by atoms with Gasteiger partial charge in [0.05, 0.1) is 0 Å². The first-order valence-corrected chi connectivity index (χ1v) is 6.20. The summed E-state index contributed by atoms with van der Waals surface area (Å²) < 4.78 is 21.2. The summed E-state index contributed by atoms with van der Waals surface area (Å²) in [6.07, 6.45) is 0. The second-order valence-electron chi connectivity index (χ2n) is 2.49. The largest absolute Gasteiger partial charge is 0.354 e. The van der Waals surface area contributed by atoms with Crippen LogP contribution in [0.5, 0.6) is 0 Å². The minimum Gasteiger partial charge on any atom is -0.323 e. The topological polar surface area (TPSA) is 118 Å². The fourth-order valence-electron chi connectivity index (χ4n) is 0.798. The van der Waals surface area contributed by atoms with Gasteiger partial charge >= 0.3 is 15.2 Å². The second-order valence-corrected chi connectivity index (χ2v) is 6.23. The van der Waals surface area contributed by atoms with Gasteiger partial charge in [0.1, 0.15) is 0 Å². The van der Waals surface area contributed by atoms with Crippen LogP contribution < -0.4 is 0 Å². The van der Waals surface area contributed by atoms with Gasteiger partial charge in [-0.2, -0.15) is 0 Å². The Morgan fingerprint density at radius 3 is 1.23 bits per heavy atom. The maximum atomic E-state index is 10.6. The Labute approximate surface area is 88.8 Å². The summed E-state index contributed by atoms with van der Waals surface area (Å²) in [5, 5.41) is 0. The van der Waals surface area contributed by atoms with Crippen molar-refractivity contribution in [2.75, 3.05) is 14.1 Å². The van der Waals surface area contributed by atoms with E-state index in [9.17, 15) is 9.13 Å². The molecule has 7 nitrogen and oxygen atoms in total. The smallest absolute Gasteiger partial charge is 0.323 e. The van der Waals surface area contributed by atoms with Gasteiger partial charge < -0.3 is 19.6 Å². The van der Waals surface area contributed by atoms with Gasteiger partial charge in [-0.05, 0) is 14.1 Å². The molecule has 0 aromatic rings. The maximum absolute atomic E-state index is 10.6. The molecule has 0 spiro atoms. The van der Waals surface area contributed by atoms with E-state index in [-0.39, 0.29) is 20.1 Å². The van der Waals surface area contributed by atoms with E-state index in [4.69, 9.17) is 19.6 Å². The number of rotatable bonds is 3. The van der Waals surface area contributed by atoms with Crippen LogP contribution >= 0.6 is 15.2 Å². The minimum absolute atomic E-state index is 0. The van der Waals surface area contributed by atoms with Crippen LogP contribution in [-0.2, 0) is 29.2 Å². The molecule has 0 amide bonds. The van der Waals surface area contributed by atoms with Crippen LogP contribution in [0.25, 0.3) is 0 Å². The quantitative estimate of drug-likeness (QED) is 0.502. The molecule has 1 radical (unpaired) electrons. The molecule has 0 rings (SSSR count). The van der Waals surface area contributed by atoms with E-state index >= 15 is 0 Å². The van der Waals surface area contributed by atoms with E-state index in [0.29, 0.717) is 0 Å². The van der Waals surface area contributed by atoms with Crippen molar-refractivity contribution in [2.24, 2.45) is 0 Å². The number of hydrogen-bond acceptors (Lipinski definition) is 3. The summed E-state index contributed by atoms with van der Waals surface area (Å²) in [5.74, 6) is 0. The Morgan fingerprint density at radius 1 is 1.00 bits per heavy atom. The van der Waals surface area contributed by atoms with Crippen molar-refractivity contribution in [3.05, 3.63) is 0 Å². The molecule has 0 heterocycles. The van der Waals surface area contributed by atoms with Gasteiger partial charge in [0.15, 0.2) is 0 Å². The average Bonchev–Trinajstić information content (AvgIpc) is 1.49. The van der Waals surface area contributed by atoms with Crippen molar-refractivity contribution in [1.82, 2.24) is 4.90 Å². The standard InChI is InChI=1S/C3H11NO6P2.Tc/c1-4(2)3(11(5,6)7)12(8,9)10;/h3H,1-2H3,(H2,5,6,7)(H2,8,9,10);/i;1+1. The first kappa shape index (κ1) is 16.3. The molecule has 0 aliphatic heterocycles. The van der Waals surface area contributed by atoms with E-state index in [2.05, 4.69) is 0 Å². The fourth-order valence-corrected chi connectivity index (χ4v) is 3.57. The van der Waals surface area contributed by atoms with Crippen molar-refractivity contribution >= 4 is 15.2 Å². The molecule has 0 saturated carbocycles. The third-order valence-corrected chi connectivity index (χ3v) is 5.00. The van der Waals surface area contributed by atoms with Crippen LogP contribution in [0.4, 0.5) is 0 Å². The van der Waals surface area contributed by atoms with Crippen LogP contribution in [-0.4, -0.2) is 44.1 Å². The van der Waals surface area contributed by atoms with Crippen LogP contribution in [0.1, 0.15) is 0 Å². The van der Waals surface area contributed by atoms with Crippen molar-refractivity contribution in [2.45, 2.75) is 5.52 Å². The molecule has 0 aromatic carbocycles. The molecule has 81 valence electrons. The van der Waals surface area contributed by atoms with Gasteiger partial charge in [-0.15, -0.1) is 0 Å². The molecule has 4 N–H and O–H groups in total. The first-order chi connectivity index (χ1) is 5.07. The molecule has 0 aromatic heterocycles. The zero-order chi connectivity index (χ0) is 10.2. The zero-order valence-corrected chi connectivity index (χ0v) is 10.5. The molecule has 0 fully saturated rings. The average molecular weight is 318 g/mol. The molecule has 10 heteroatoms.